The Kier molecular flexibility index (Phi) is 5.29. The van der Waals surface area contributed by atoms with E-state index in [4.69, 9.17) is 9.47 Å². The standard InChI is InChI=1S/C28H35NO4/c1-32-22-10-9-21-13-26-28(31)16-25(33-18-20-5-3-2-4-6-20)24(30)15-27(28,23(21)14-22)11-12-29(26)17-19-7-8-19/h2-6,9-10,14,19,24-26,30-31H,7-8,11-13,15-18H2,1H3/t24?,25?,26-,27-,28-/m1/s1. The molecule has 6 rings (SSSR count). The molecular weight excluding hydrogens is 414 g/mol. The second-order valence-corrected chi connectivity index (χ2v) is 10.7. The third-order valence-corrected chi connectivity index (χ3v) is 8.89. The van der Waals surface area contributed by atoms with Gasteiger partial charge in [-0.15, -0.1) is 0 Å². The molecular formula is C28H35NO4. The minimum Gasteiger partial charge on any atom is -0.497 e. The Morgan fingerprint density at radius 3 is 2.67 bits per heavy atom. The molecule has 0 radical (unpaired) electrons. The molecule has 3 fully saturated rings. The third kappa shape index (κ3) is 3.52. The number of hydrogen-bond donors (Lipinski definition) is 2. The number of likely N-dealkylation sites (tertiary alicyclic amines) is 1. The van der Waals surface area contributed by atoms with Crippen molar-refractivity contribution in [1.29, 1.82) is 0 Å². The van der Waals surface area contributed by atoms with E-state index >= 15 is 0 Å². The van der Waals surface area contributed by atoms with Gasteiger partial charge in [0.1, 0.15) is 5.75 Å². The highest BCUT2D eigenvalue weighted by atomic mass is 16.5. The molecule has 5 nitrogen and oxygen atoms in total. The minimum atomic E-state index is -0.930. The highest BCUT2D eigenvalue weighted by Gasteiger charge is 2.66. The summed E-state index contributed by atoms with van der Waals surface area (Å²) in [5, 5.41) is 23.9. The molecule has 2 saturated carbocycles. The maximum atomic E-state index is 12.6. The van der Waals surface area contributed by atoms with E-state index < -0.39 is 17.1 Å². The van der Waals surface area contributed by atoms with Crippen LogP contribution in [0.4, 0.5) is 0 Å². The molecule has 2 aromatic carbocycles. The molecule has 1 saturated heterocycles. The maximum absolute atomic E-state index is 12.6. The van der Waals surface area contributed by atoms with Crippen LogP contribution in [-0.4, -0.2) is 59.2 Å². The molecule has 1 heterocycles. The summed E-state index contributed by atoms with van der Waals surface area (Å²) in [6.45, 7) is 2.50. The van der Waals surface area contributed by atoms with Gasteiger partial charge >= 0.3 is 0 Å². The van der Waals surface area contributed by atoms with Crippen molar-refractivity contribution in [3.63, 3.8) is 0 Å². The van der Waals surface area contributed by atoms with Crippen LogP contribution < -0.4 is 4.74 Å². The highest BCUT2D eigenvalue weighted by Crippen LogP contribution is 2.59. The summed E-state index contributed by atoms with van der Waals surface area (Å²) >= 11 is 0. The van der Waals surface area contributed by atoms with Gasteiger partial charge in [0.25, 0.3) is 0 Å². The van der Waals surface area contributed by atoms with Crippen LogP contribution in [0.3, 0.4) is 0 Å². The number of methoxy groups -OCH3 is 1. The minimum absolute atomic E-state index is 0.0584. The zero-order valence-electron chi connectivity index (χ0n) is 19.5. The molecule has 4 aliphatic rings. The molecule has 0 aromatic heterocycles. The van der Waals surface area contributed by atoms with E-state index in [1.807, 2.05) is 36.4 Å². The van der Waals surface area contributed by atoms with Crippen molar-refractivity contribution in [2.45, 2.75) is 74.4 Å². The molecule has 2 bridgehead atoms. The Morgan fingerprint density at radius 2 is 1.91 bits per heavy atom. The fourth-order valence-electron chi connectivity index (χ4n) is 6.96. The average Bonchev–Trinajstić information content (AvgIpc) is 3.64. The zero-order chi connectivity index (χ0) is 22.6. The number of aliphatic hydroxyl groups is 2. The first-order chi connectivity index (χ1) is 16.0. The third-order valence-electron chi connectivity index (χ3n) is 8.89. The summed E-state index contributed by atoms with van der Waals surface area (Å²) in [6, 6.07) is 16.5. The summed E-state index contributed by atoms with van der Waals surface area (Å²) in [7, 11) is 1.69. The predicted molar refractivity (Wildman–Crippen MR) is 126 cm³/mol. The normalized spacial score (nSPS) is 35.5. The second kappa shape index (κ2) is 8.09. The first-order valence-corrected chi connectivity index (χ1v) is 12.5. The van der Waals surface area contributed by atoms with Gasteiger partial charge in [-0.25, -0.2) is 0 Å². The maximum Gasteiger partial charge on any atom is 0.119 e. The van der Waals surface area contributed by atoms with Crippen LogP contribution in [0.15, 0.2) is 48.5 Å². The number of rotatable bonds is 6. The van der Waals surface area contributed by atoms with Gasteiger partial charge in [0, 0.05) is 24.4 Å². The van der Waals surface area contributed by atoms with Crippen LogP contribution >= 0.6 is 0 Å². The van der Waals surface area contributed by atoms with Gasteiger partial charge in [0.15, 0.2) is 0 Å². The molecule has 5 heteroatoms. The predicted octanol–water partition coefficient (Wildman–Crippen LogP) is 3.44. The van der Waals surface area contributed by atoms with Gasteiger partial charge in [-0.3, -0.25) is 4.90 Å². The van der Waals surface area contributed by atoms with Gasteiger partial charge in [-0.2, -0.15) is 0 Å². The average molecular weight is 450 g/mol. The Hall–Kier alpha value is -1.92. The summed E-state index contributed by atoms with van der Waals surface area (Å²) in [5.41, 5.74) is 2.16. The molecule has 5 atom stereocenters. The number of fused-ring (bicyclic) bond motifs is 1. The lowest BCUT2D eigenvalue weighted by molar-refractivity contribution is -0.220. The largest absolute Gasteiger partial charge is 0.497 e. The first kappa shape index (κ1) is 21.6. The van der Waals surface area contributed by atoms with Crippen molar-refractivity contribution < 1.29 is 19.7 Å². The van der Waals surface area contributed by atoms with Gasteiger partial charge in [0.2, 0.25) is 0 Å². The van der Waals surface area contributed by atoms with E-state index in [2.05, 4.69) is 17.0 Å². The first-order valence-electron chi connectivity index (χ1n) is 12.5. The lowest BCUT2D eigenvalue weighted by atomic mass is 9.48. The molecule has 0 spiro atoms. The molecule has 2 aromatic rings. The van der Waals surface area contributed by atoms with E-state index in [0.29, 0.717) is 19.4 Å². The number of ether oxygens (including phenoxy) is 2. The summed E-state index contributed by atoms with van der Waals surface area (Å²) in [4.78, 5) is 2.55. The van der Waals surface area contributed by atoms with Crippen LogP contribution in [0.5, 0.6) is 5.75 Å². The molecule has 3 aliphatic carbocycles. The molecule has 176 valence electrons. The molecule has 33 heavy (non-hydrogen) atoms. The van der Waals surface area contributed by atoms with Crippen LogP contribution in [0.1, 0.15) is 48.8 Å². The van der Waals surface area contributed by atoms with Gasteiger partial charge in [-0.05, 0) is 73.4 Å². The monoisotopic (exact) mass is 449 g/mol. The van der Waals surface area contributed by atoms with Crippen molar-refractivity contribution in [3.05, 3.63) is 65.2 Å². The highest BCUT2D eigenvalue weighted by molar-refractivity contribution is 5.49. The number of benzene rings is 2. The van der Waals surface area contributed by atoms with Crippen molar-refractivity contribution in [2.24, 2.45) is 5.92 Å². The number of hydrogen-bond acceptors (Lipinski definition) is 5. The fourth-order valence-corrected chi connectivity index (χ4v) is 6.96. The summed E-state index contributed by atoms with van der Waals surface area (Å²) in [6.07, 6.45) is 4.31. The summed E-state index contributed by atoms with van der Waals surface area (Å²) in [5.74, 6) is 1.60. The van der Waals surface area contributed by atoms with E-state index in [1.165, 1.54) is 24.0 Å². The van der Waals surface area contributed by atoms with Gasteiger partial charge in [0.05, 0.1) is 31.5 Å². The number of aliphatic hydroxyl groups excluding tert-OH is 1. The zero-order valence-corrected chi connectivity index (χ0v) is 19.5. The van der Waals surface area contributed by atoms with Crippen LogP contribution in [0.25, 0.3) is 0 Å². The quantitative estimate of drug-likeness (QED) is 0.707. The van der Waals surface area contributed by atoms with Crippen LogP contribution in [0.2, 0.25) is 0 Å². The van der Waals surface area contributed by atoms with Crippen molar-refractivity contribution in [1.82, 2.24) is 4.90 Å². The van der Waals surface area contributed by atoms with Gasteiger partial charge in [-0.1, -0.05) is 36.4 Å². The topological polar surface area (TPSA) is 62.2 Å². The van der Waals surface area contributed by atoms with Gasteiger partial charge < -0.3 is 19.7 Å². The van der Waals surface area contributed by atoms with E-state index in [0.717, 1.165) is 43.2 Å². The number of nitrogens with zero attached hydrogens (tertiary/aromatic N) is 1. The lowest BCUT2D eigenvalue weighted by Gasteiger charge is -2.65. The smallest absolute Gasteiger partial charge is 0.119 e. The van der Waals surface area contributed by atoms with Crippen LogP contribution in [-0.2, 0) is 23.2 Å². The van der Waals surface area contributed by atoms with Crippen molar-refractivity contribution in [3.8, 4) is 5.75 Å². The molecule has 2 unspecified atom stereocenters. The Labute approximate surface area is 196 Å². The van der Waals surface area contributed by atoms with E-state index in [1.54, 1.807) is 7.11 Å². The van der Waals surface area contributed by atoms with Crippen LogP contribution in [0, 0.1) is 5.92 Å². The lowest BCUT2D eigenvalue weighted by Crippen LogP contribution is -2.75. The Bertz CT molecular complexity index is 1010. The fraction of sp³-hybridized carbons (Fsp3) is 0.571. The second-order valence-electron chi connectivity index (χ2n) is 10.7. The molecule has 1 aliphatic heterocycles. The van der Waals surface area contributed by atoms with Crippen molar-refractivity contribution >= 4 is 0 Å². The Morgan fingerprint density at radius 1 is 1.09 bits per heavy atom. The summed E-state index contributed by atoms with van der Waals surface area (Å²) < 4.78 is 11.8. The van der Waals surface area contributed by atoms with Crippen molar-refractivity contribution in [2.75, 3.05) is 20.2 Å². The molecule has 2 N–H and O–H groups in total. The van der Waals surface area contributed by atoms with E-state index in [-0.39, 0.29) is 12.1 Å². The molecule has 0 amide bonds. The Balaban J connectivity index is 1.36. The van der Waals surface area contributed by atoms with E-state index in [9.17, 15) is 10.2 Å². The SMILES string of the molecule is COc1ccc2c(c1)[C@]13CCN(CC4CC4)[C@H](C2)[C@]1(O)CC(OCc1ccccc1)C(O)C3. The number of piperidine rings is 1.